The van der Waals surface area contributed by atoms with Gasteiger partial charge in [-0.2, -0.15) is 0 Å². The molecule has 1 atom stereocenters. The largest absolute Gasteiger partial charge is 0.458 e. The van der Waals surface area contributed by atoms with Crippen molar-refractivity contribution < 1.29 is 9.53 Å². The molecule has 0 saturated carbocycles. The van der Waals surface area contributed by atoms with Gasteiger partial charge < -0.3 is 4.74 Å². The zero-order chi connectivity index (χ0) is 8.48. The Balaban J connectivity index is 2.68. The highest BCUT2D eigenvalue weighted by molar-refractivity contribution is 6.30. The molecule has 0 radical (unpaired) electrons. The van der Waals surface area contributed by atoms with Crippen LogP contribution in [0.1, 0.15) is 33.1 Å². The van der Waals surface area contributed by atoms with E-state index in [-0.39, 0.29) is 11.6 Å². The molecule has 1 aliphatic heterocycles. The van der Waals surface area contributed by atoms with Crippen LogP contribution in [0.4, 0.5) is 0 Å². The second-order valence-corrected chi connectivity index (χ2v) is 3.51. The lowest BCUT2D eigenvalue weighted by molar-refractivity contribution is -0.148. The number of halogens is 1. The maximum Gasteiger partial charge on any atom is 0.324 e. The van der Waals surface area contributed by atoms with Crippen LogP contribution in [0.2, 0.25) is 0 Å². The second-order valence-electron chi connectivity index (χ2n) is 2.98. The first-order valence-electron chi connectivity index (χ1n) is 4.00. The summed E-state index contributed by atoms with van der Waals surface area (Å²) in [4.78, 5) is 11.0. The molecule has 1 rings (SSSR count). The van der Waals surface area contributed by atoms with Gasteiger partial charge in [-0.3, -0.25) is 4.79 Å². The average molecular weight is 177 g/mol. The van der Waals surface area contributed by atoms with Gasteiger partial charge in [0.2, 0.25) is 0 Å². The number of alkyl halides is 1. The fraction of sp³-hybridized carbons (Fsp3) is 0.875. The summed E-state index contributed by atoms with van der Waals surface area (Å²) in [5.41, 5.74) is -0.260. The predicted octanol–water partition coefficient (Wildman–Crippen LogP) is 2.10. The summed E-state index contributed by atoms with van der Waals surface area (Å²) in [6.45, 7) is 4.04. The van der Waals surface area contributed by atoms with E-state index < -0.39 is 5.38 Å². The monoisotopic (exact) mass is 176 g/mol. The number of carbonyl (C=O) groups is 1. The number of hydrogen-bond donors (Lipinski definition) is 0. The standard InChI is InChI=1S/C8H13ClO2/c1-3-8(4-2)5-6(9)7(10)11-8/h6H,3-5H2,1-2H3. The van der Waals surface area contributed by atoms with Crippen molar-refractivity contribution in [3.63, 3.8) is 0 Å². The lowest BCUT2D eigenvalue weighted by Crippen LogP contribution is -2.26. The third-order valence-electron chi connectivity index (χ3n) is 2.41. The number of cyclic esters (lactones) is 1. The van der Waals surface area contributed by atoms with Crippen LogP contribution in [0.15, 0.2) is 0 Å². The summed E-state index contributed by atoms with van der Waals surface area (Å²) in [6, 6.07) is 0. The molecule has 1 saturated heterocycles. The minimum atomic E-state index is -0.421. The molecule has 1 aliphatic rings. The second kappa shape index (κ2) is 3.02. The molecule has 64 valence electrons. The summed E-state index contributed by atoms with van der Waals surface area (Å²) in [6.07, 6.45) is 2.39. The molecule has 0 aliphatic carbocycles. The quantitative estimate of drug-likeness (QED) is 0.476. The van der Waals surface area contributed by atoms with E-state index in [1.165, 1.54) is 0 Å². The first-order valence-corrected chi connectivity index (χ1v) is 4.44. The first-order chi connectivity index (χ1) is 5.13. The molecule has 11 heavy (non-hydrogen) atoms. The summed E-state index contributed by atoms with van der Waals surface area (Å²) < 4.78 is 5.19. The molecule has 0 bridgehead atoms. The number of rotatable bonds is 2. The smallest absolute Gasteiger partial charge is 0.324 e. The number of ether oxygens (including phenoxy) is 1. The van der Waals surface area contributed by atoms with Crippen LogP contribution in [0.25, 0.3) is 0 Å². The van der Waals surface area contributed by atoms with Gasteiger partial charge in [-0.15, -0.1) is 11.6 Å². The molecule has 1 fully saturated rings. The van der Waals surface area contributed by atoms with Crippen molar-refractivity contribution in [2.75, 3.05) is 0 Å². The Morgan fingerprint density at radius 1 is 1.64 bits per heavy atom. The van der Waals surface area contributed by atoms with E-state index in [4.69, 9.17) is 16.3 Å². The van der Waals surface area contributed by atoms with E-state index in [1.807, 2.05) is 13.8 Å². The highest BCUT2D eigenvalue weighted by atomic mass is 35.5. The normalized spacial score (nSPS) is 28.6. The Labute approximate surface area is 71.9 Å². The van der Waals surface area contributed by atoms with Crippen LogP contribution in [0.3, 0.4) is 0 Å². The maximum atomic E-state index is 11.0. The third-order valence-corrected chi connectivity index (χ3v) is 2.75. The fourth-order valence-electron chi connectivity index (χ4n) is 1.41. The molecule has 1 unspecified atom stereocenters. The minimum absolute atomic E-state index is 0.254. The lowest BCUT2D eigenvalue weighted by Gasteiger charge is -2.23. The summed E-state index contributed by atoms with van der Waals surface area (Å²) in [5, 5.41) is -0.421. The van der Waals surface area contributed by atoms with Gasteiger partial charge >= 0.3 is 5.97 Å². The van der Waals surface area contributed by atoms with Crippen molar-refractivity contribution in [1.82, 2.24) is 0 Å². The lowest BCUT2D eigenvalue weighted by atomic mass is 9.94. The van der Waals surface area contributed by atoms with Gasteiger partial charge in [-0.05, 0) is 12.8 Å². The van der Waals surface area contributed by atoms with E-state index in [0.29, 0.717) is 6.42 Å². The molecule has 0 amide bonds. The van der Waals surface area contributed by atoms with Crippen molar-refractivity contribution in [3.05, 3.63) is 0 Å². The topological polar surface area (TPSA) is 26.3 Å². The molecule has 3 heteroatoms. The van der Waals surface area contributed by atoms with Crippen LogP contribution in [-0.2, 0) is 9.53 Å². The molecular formula is C8H13ClO2. The van der Waals surface area contributed by atoms with Crippen molar-refractivity contribution >= 4 is 17.6 Å². The first kappa shape index (κ1) is 8.85. The van der Waals surface area contributed by atoms with E-state index in [9.17, 15) is 4.79 Å². The summed E-state index contributed by atoms with van der Waals surface area (Å²) in [5.74, 6) is -0.254. The molecule has 1 heterocycles. The van der Waals surface area contributed by atoms with E-state index in [2.05, 4.69) is 0 Å². The van der Waals surface area contributed by atoms with Crippen LogP contribution in [0, 0.1) is 0 Å². The number of hydrogen-bond acceptors (Lipinski definition) is 2. The van der Waals surface area contributed by atoms with Gasteiger partial charge in [0.1, 0.15) is 11.0 Å². The molecule has 2 nitrogen and oxygen atoms in total. The van der Waals surface area contributed by atoms with Gasteiger partial charge in [0, 0.05) is 6.42 Å². The molecule has 0 aromatic rings. The van der Waals surface area contributed by atoms with Gasteiger partial charge in [-0.1, -0.05) is 13.8 Å². The average Bonchev–Trinajstić information content (AvgIpc) is 2.29. The minimum Gasteiger partial charge on any atom is -0.458 e. The Hall–Kier alpha value is -0.240. The van der Waals surface area contributed by atoms with E-state index >= 15 is 0 Å². The van der Waals surface area contributed by atoms with Crippen LogP contribution in [0.5, 0.6) is 0 Å². The summed E-state index contributed by atoms with van der Waals surface area (Å²) in [7, 11) is 0. The number of esters is 1. The Morgan fingerprint density at radius 2 is 2.18 bits per heavy atom. The highest BCUT2D eigenvalue weighted by Crippen LogP contribution is 2.35. The molecule has 0 N–H and O–H groups in total. The Morgan fingerprint density at radius 3 is 2.36 bits per heavy atom. The van der Waals surface area contributed by atoms with Crippen LogP contribution < -0.4 is 0 Å². The molecular weight excluding hydrogens is 164 g/mol. The van der Waals surface area contributed by atoms with Crippen LogP contribution in [-0.4, -0.2) is 16.9 Å². The van der Waals surface area contributed by atoms with Gasteiger partial charge in [0.25, 0.3) is 0 Å². The predicted molar refractivity (Wildman–Crippen MR) is 43.7 cm³/mol. The zero-order valence-electron chi connectivity index (χ0n) is 6.89. The van der Waals surface area contributed by atoms with E-state index in [1.54, 1.807) is 0 Å². The van der Waals surface area contributed by atoms with Crippen molar-refractivity contribution in [2.45, 2.75) is 44.1 Å². The van der Waals surface area contributed by atoms with Crippen molar-refractivity contribution in [1.29, 1.82) is 0 Å². The maximum absolute atomic E-state index is 11.0. The Bertz CT molecular complexity index is 163. The molecule has 0 aromatic heterocycles. The van der Waals surface area contributed by atoms with Crippen LogP contribution >= 0.6 is 11.6 Å². The van der Waals surface area contributed by atoms with Gasteiger partial charge in [-0.25, -0.2) is 0 Å². The number of carbonyl (C=O) groups excluding carboxylic acids is 1. The van der Waals surface area contributed by atoms with Crippen molar-refractivity contribution in [3.8, 4) is 0 Å². The highest BCUT2D eigenvalue weighted by Gasteiger charge is 2.43. The summed E-state index contributed by atoms with van der Waals surface area (Å²) >= 11 is 5.73. The molecule has 0 spiro atoms. The van der Waals surface area contributed by atoms with Gasteiger partial charge in [0.15, 0.2) is 0 Å². The Kier molecular flexibility index (Phi) is 2.43. The fourth-order valence-corrected chi connectivity index (χ4v) is 1.74. The zero-order valence-corrected chi connectivity index (χ0v) is 7.65. The third kappa shape index (κ3) is 1.51. The van der Waals surface area contributed by atoms with Gasteiger partial charge in [0.05, 0.1) is 0 Å². The van der Waals surface area contributed by atoms with Crippen molar-refractivity contribution in [2.24, 2.45) is 0 Å². The van der Waals surface area contributed by atoms with E-state index in [0.717, 1.165) is 12.8 Å². The molecule has 0 aromatic carbocycles. The SMILES string of the molecule is CCC1(CC)CC(Cl)C(=O)O1.